The third kappa shape index (κ3) is 26.1. The van der Waals surface area contributed by atoms with E-state index in [0.29, 0.717) is 57.2 Å². The van der Waals surface area contributed by atoms with Crippen molar-refractivity contribution in [2.24, 2.45) is 7.05 Å². The number of aryl methyl sites for hydroxylation is 4. The molecule has 11 nitrogen and oxygen atoms in total. The molecule has 0 saturated carbocycles. The van der Waals surface area contributed by atoms with Crippen LogP contribution in [0.15, 0.2) is 140 Å². The summed E-state index contributed by atoms with van der Waals surface area (Å²) in [5.74, 6) is 5.80. The zero-order valence-electron chi connectivity index (χ0n) is 73.5. The van der Waals surface area contributed by atoms with Crippen LogP contribution < -0.4 is 14.2 Å². The average molecular weight is 1570 g/mol. The number of aromatic nitrogens is 6. The zero-order chi connectivity index (χ0) is 81.5. The number of rotatable bonds is 52. The Morgan fingerprint density at radius 1 is 0.319 bits per heavy atom. The molecule has 11 rings (SSSR count). The second-order valence-electron chi connectivity index (χ2n) is 36.1. The van der Waals surface area contributed by atoms with E-state index in [1.54, 1.807) is 0 Å². The van der Waals surface area contributed by atoms with Crippen molar-refractivity contribution in [1.29, 1.82) is 0 Å². The number of hydrogen-bond donors (Lipinski definition) is 1. The van der Waals surface area contributed by atoms with Crippen molar-refractivity contribution in [1.82, 2.24) is 29.0 Å². The lowest BCUT2D eigenvalue weighted by molar-refractivity contribution is 0.305. The summed E-state index contributed by atoms with van der Waals surface area (Å²) in [6, 6.07) is 48.9. The average Bonchev–Trinajstić information content (AvgIpc) is 1.53. The van der Waals surface area contributed by atoms with Gasteiger partial charge in [-0.1, -0.05) is 330 Å². The summed E-state index contributed by atoms with van der Waals surface area (Å²) in [7, 11) is 1.41. The maximum absolute atomic E-state index is 11.9. The van der Waals surface area contributed by atoms with Crippen LogP contribution in [0.2, 0.25) is 6.82 Å². The fourth-order valence-corrected chi connectivity index (χ4v) is 17.2. The van der Waals surface area contributed by atoms with Gasteiger partial charge >= 0.3 is 7.05 Å². The topological polar surface area (TPSA) is 119 Å². The van der Waals surface area contributed by atoms with Gasteiger partial charge in [-0.2, -0.15) is 0 Å². The molecule has 1 aliphatic heterocycles. The molecule has 7 aromatic carbocycles. The second kappa shape index (κ2) is 45.7. The van der Waals surface area contributed by atoms with Crippen LogP contribution >= 0.6 is 0 Å². The highest BCUT2D eigenvalue weighted by Gasteiger charge is 2.30. The predicted molar refractivity (Wildman–Crippen MR) is 492 cm³/mol. The van der Waals surface area contributed by atoms with Crippen molar-refractivity contribution in [2.45, 2.75) is 356 Å². The summed E-state index contributed by atoms with van der Waals surface area (Å²) >= 11 is 0. The van der Waals surface area contributed by atoms with Crippen molar-refractivity contribution >= 4 is 51.2 Å². The minimum Gasteiger partial charge on any atom is -0.507 e. The highest BCUT2D eigenvalue weighted by atomic mass is 16.5. The van der Waals surface area contributed by atoms with Crippen LogP contribution in [-0.4, -0.2) is 41.1 Å². The van der Waals surface area contributed by atoms with Gasteiger partial charge < -0.3 is 33.0 Å². The normalized spacial score (nSPS) is 12.1. The molecule has 116 heavy (non-hydrogen) atoms. The number of phenolic OH excluding ortho intramolecular Hbond substituents is 1. The summed E-state index contributed by atoms with van der Waals surface area (Å²) in [5, 5.41) is 15.4. The standard InChI is InChI=1S/C104H143BN6O5/c1-12-15-18-21-24-27-30-33-36-39-42-45-48-54-78-57-51-60-82(69-78)114-85-63-66-88-91(74-85)98-106-97(88)108-102-93-76-87(116-84-62-53-59-80(71-84)56-50-47-44-41-38-35-32-29-26-23-20-17-14-3)65-68-90(93)101(111(102)105(10)113-77-81-72-94(103(4,5)6)96(112)95(73-81)104(7,8)9)109-99-89-67-64-86(75-92(89)100(107-98)110(99)11)115-83-61-52-58-79(70-83)55-49-46-43-40-37-34-31-28-25-22-19-16-13-2/h51-53,57-76,112H,12-50,54-56,77H2,1-11H3. The molecule has 622 valence electrons. The zero-order valence-corrected chi connectivity index (χ0v) is 73.5. The summed E-state index contributed by atoms with van der Waals surface area (Å²) in [6.07, 6.45) is 55.2. The van der Waals surface area contributed by atoms with E-state index in [9.17, 15) is 5.11 Å². The predicted octanol–water partition coefficient (Wildman–Crippen LogP) is 31.6. The van der Waals surface area contributed by atoms with Crippen LogP contribution in [0.1, 0.15) is 346 Å². The molecule has 0 atom stereocenters. The highest BCUT2D eigenvalue weighted by molar-refractivity contribution is 6.51. The second-order valence-corrected chi connectivity index (χ2v) is 36.1. The number of aromatic hydroxyl groups is 1. The lowest BCUT2D eigenvalue weighted by Gasteiger charge is -2.28. The molecule has 0 radical (unpaired) electrons. The molecule has 4 heterocycles. The maximum atomic E-state index is 11.9. The molecule has 0 amide bonds. The number of fused-ring (bicyclic) bond motifs is 15. The van der Waals surface area contributed by atoms with Crippen molar-refractivity contribution in [3.63, 3.8) is 0 Å². The van der Waals surface area contributed by atoms with E-state index in [4.69, 9.17) is 38.8 Å². The first-order valence-electron chi connectivity index (χ1n) is 46.3. The van der Waals surface area contributed by atoms with Crippen LogP contribution in [0.3, 0.4) is 0 Å². The van der Waals surface area contributed by atoms with Crippen molar-refractivity contribution < 1.29 is 24.0 Å². The number of unbranched alkanes of at least 4 members (excludes halogenated alkanes) is 36. The molecule has 0 fully saturated rings. The van der Waals surface area contributed by atoms with Gasteiger partial charge in [0.05, 0.1) is 6.61 Å². The van der Waals surface area contributed by atoms with Crippen LogP contribution in [-0.2, 0) is 48.4 Å². The molecule has 1 N–H and O–H groups in total. The number of phenols is 1. The van der Waals surface area contributed by atoms with Gasteiger partial charge in [0, 0.05) is 39.7 Å². The Morgan fingerprint density at radius 2 is 0.638 bits per heavy atom. The fraction of sp³-hybridized carbons (Fsp3) is 0.538. The molecule has 12 heteroatoms. The van der Waals surface area contributed by atoms with E-state index < -0.39 is 7.05 Å². The molecular formula is C104H143BN6O5. The van der Waals surface area contributed by atoms with E-state index in [1.807, 2.05) is 6.07 Å². The number of ether oxygens (including phenoxy) is 3. The minimum absolute atomic E-state index is 0.249. The van der Waals surface area contributed by atoms with E-state index in [2.05, 4.69) is 219 Å². The lowest BCUT2D eigenvalue weighted by Crippen LogP contribution is -2.25. The maximum Gasteiger partial charge on any atom is 0.419 e. The first-order valence-corrected chi connectivity index (χ1v) is 46.3. The number of hydrogen-bond acceptors (Lipinski definition) is 9. The van der Waals surface area contributed by atoms with Crippen LogP contribution in [0.25, 0.3) is 66.9 Å². The largest absolute Gasteiger partial charge is 0.507 e. The molecule has 0 spiro atoms. The van der Waals surface area contributed by atoms with Crippen LogP contribution in [0.4, 0.5) is 0 Å². The molecule has 3 aromatic heterocycles. The van der Waals surface area contributed by atoms with Gasteiger partial charge in [0.25, 0.3) is 0 Å². The van der Waals surface area contributed by atoms with Crippen molar-refractivity contribution in [3.8, 4) is 63.0 Å². The van der Waals surface area contributed by atoms with Gasteiger partial charge in [-0.25, -0.2) is 19.9 Å². The van der Waals surface area contributed by atoms with E-state index in [1.165, 1.54) is 248 Å². The van der Waals surface area contributed by atoms with E-state index in [-0.39, 0.29) is 17.4 Å². The summed E-state index contributed by atoms with van der Waals surface area (Å²) in [5.41, 5.74) is 10.2. The Kier molecular flexibility index (Phi) is 34.9. The van der Waals surface area contributed by atoms with Crippen LogP contribution in [0, 0.1) is 0 Å². The Balaban J connectivity index is 0.931. The summed E-state index contributed by atoms with van der Waals surface area (Å²) in [4.78, 5) is 22.8. The quantitative estimate of drug-likeness (QED) is 0.0294. The van der Waals surface area contributed by atoms with Gasteiger partial charge in [-0.3, -0.25) is 0 Å². The summed E-state index contributed by atoms with van der Waals surface area (Å²) in [6.45, 7) is 22.1. The number of nitrogens with zero attached hydrogens (tertiary/aromatic N) is 6. The lowest BCUT2D eigenvalue weighted by atomic mass is 9.78. The smallest absolute Gasteiger partial charge is 0.419 e. The fourth-order valence-electron chi connectivity index (χ4n) is 17.2. The third-order valence-electron chi connectivity index (χ3n) is 24.1. The number of benzene rings is 7. The molecule has 0 aliphatic carbocycles. The Morgan fingerprint density at radius 3 is 1.03 bits per heavy atom. The van der Waals surface area contributed by atoms with Gasteiger partial charge in [0.15, 0.2) is 11.6 Å². The highest BCUT2D eigenvalue weighted by Crippen LogP contribution is 2.44. The van der Waals surface area contributed by atoms with Crippen LogP contribution in [0.5, 0.6) is 40.2 Å². The van der Waals surface area contributed by atoms with Crippen molar-refractivity contribution in [3.05, 3.63) is 173 Å². The molecule has 10 aromatic rings. The monoisotopic (exact) mass is 1570 g/mol. The SMILES string of the molecule is CCCCCCCCCCCCCCCc1cccc(Oc2ccc3c(c2)-c2nc-3nc3c4cc(Oc5cccc(CCCCCCCCCCCCCCC)c5)ccc4c(nc4c5ccc(Oc6cccc(CCCCCCCCCCCCCCC)c6)cc5c(n2)n4C)n3B(C)OCc2cc(C(C)(C)C)c(O)c(C(C)(C)C)c2)c1. The third-order valence-corrected chi connectivity index (χ3v) is 24.1. The molecule has 1 aliphatic rings. The van der Waals surface area contributed by atoms with Gasteiger partial charge in [0.1, 0.15) is 62.8 Å². The van der Waals surface area contributed by atoms with E-state index in [0.717, 1.165) is 105 Å². The first kappa shape index (κ1) is 88.6. The first-order chi connectivity index (χ1) is 56.5. The molecular weight excluding hydrogens is 1420 g/mol. The van der Waals surface area contributed by atoms with E-state index >= 15 is 0 Å². The van der Waals surface area contributed by atoms with Gasteiger partial charge in [-0.05, 0) is 193 Å². The Bertz CT molecular complexity index is 4730. The van der Waals surface area contributed by atoms with Crippen molar-refractivity contribution in [2.75, 3.05) is 0 Å². The van der Waals surface area contributed by atoms with Gasteiger partial charge in [0.2, 0.25) is 0 Å². The molecule has 0 unspecified atom stereocenters. The minimum atomic E-state index is -0.643. The molecule has 6 bridgehead atoms. The Labute approximate surface area is 699 Å². The Hall–Kier alpha value is -8.22. The molecule has 0 saturated heterocycles. The van der Waals surface area contributed by atoms with Gasteiger partial charge in [-0.15, -0.1) is 0 Å². The summed E-state index contributed by atoms with van der Waals surface area (Å²) < 4.78 is 32.2.